The quantitative estimate of drug-likeness (QED) is 0.845. The lowest BCUT2D eigenvalue weighted by molar-refractivity contribution is 0.0901. The van der Waals surface area contributed by atoms with E-state index in [1.807, 2.05) is 20.8 Å². The molecule has 3 nitrogen and oxygen atoms in total. The predicted octanol–water partition coefficient (Wildman–Crippen LogP) is 3.69. The van der Waals surface area contributed by atoms with Crippen molar-refractivity contribution < 1.29 is 4.79 Å². The highest BCUT2D eigenvalue weighted by Gasteiger charge is 2.22. The summed E-state index contributed by atoms with van der Waals surface area (Å²) in [5, 5.41) is 1.29. The van der Waals surface area contributed by atoms with Crippen molar-refractivity contribution in [3.63, 3.8) is 0 Å². The number of halogens is 1. The number of rotatable bonds is 3. The molecule has 0 saturated heterocycles. The number of aromatic nitrogens is 2. The van der Waals surface area contributed by atoms with Gasteiger partial charge in [-0.3, -0.25) is 4.79 Å². The van der Waals surface area contributed by atoms with Gasteiger partial charge in [0.2, 0.25) is 0 Å². The topological polar surface area (TPSA) is 45.8 Å². The summed E-state index contributed by atoms with van der Waals surface area (Å²) in [4.78, 5) is 19.5. The summed E-state index contributed by atoms with van der Waals surface area (Å²) in [7, 11) is 0. The number of ketones is 1. The molecular weight excluding hydrogens is 236 g/mol. The minimum absolute atomic E-state index is 0.0229. The van der Waals surface area contributed by atoms with Crippen molar-refractivity contribution in [2.45, 2.75) is 20.8 Å². The SMILES string of the molecule is CC(C)C(C)C(=O)c1c[nH]c2nccc(Cl)c12. The molecule has 0 amide bonds. The summed E-state index contributed by atoms with van der Waals surface area (Å²) in [6, 6.07) is 1.70. The standard InChI is InChI=1S/C13H15ClN2O/c1-7(2)8(3)12(17)9-6-16-13-11(9)10(14)4-5-15-13/h4-8H,1-3H3,(H,15,16). The van der Waals surface area contributed by atoms with Crippen molar-refractivity contribution in [1.82, 2.24) is 9.97 Å². The number of nitrogens with one attached hydrogen (secondary N) is 1. The summed E-state index contributed by atoms with van der Waals surface area (Å²) in [5.41, 5.74) is 1.30. The van der Waals surface area contributed by atoms with Gasteiger partial charge in [-0.25, -0.2) is 4.98 Å². The second kappa shape index (κ2) is 4.49. The van der Waals surface area contributed by atoms with Crippen molar-refractivity contribution in [3.8, 4) is 0 Å². The molecule has 17 heavy (non-hydrogen) atoms. The van der Waals surface area contributed by atoms with E-state index in [2.05, 4.69) is 9.97 Å². The van der Waals surface area contributed by atoms with Crippen LogP contribution >= 0.6 is 11.6 Å². The van der Waals surface area contributed by atoms with Crippen molar-refractivity contribution in [3.05, 3.63) is 29.0 Å². The predicted molar refractivity (Wildman–Crippen MR) is 69.4 cm³/mol. The Morgan fingerprint density at radius 3 is 2.76 bits per heavy atom. The van der Waals surface area contributed by atoms with E-state index in [9.17, 15) is 4.79 Å². The van der Waals surface area contributed by atoms with Crippen LogP contribution in [0.5, 0.6) is 0 Å². The molecule has 0 aliphatic carbocycles. The highest BCUT2D eigenvalue weighted by molar-refractivity contribution is 6.36. The van der Waals surface area contributed by atoms with Gasteiger partial charge in [0.15, 0.2) is 5.78 Å². The van der Waals surface area contributed by atoms with Gasteiger partial charge in [0.05, 0.1) is 5.02 Å². The van der Waals surface area contributed by atoms with Gasteiger partial charge in [-0.1, -0.05) is 32.4 Å². The van der Waals surface area contributed by atoms with Crippen LogP contribution in [0, 0.1) is 11.8 Å². The molecule has 4 heteroatoms. The van der Waals surface area contributed by atoms with Gasteiger partial charge in [-0.2, -0.15) is 0 Å². The lowest BCUT2D eigenvalue weighted by Crippen LogP contribution is -2.16. The normalized spacial score (nSPS) is 13.2. The Kier molecular flexibility index (Phi) is 3.20. The van der Waals surface area contributed by atoms with E-state index >= 15 is 0 Å². The number of Topliss-reactive ketones (excluding diaryl/α,β-unsaturated/α-hetero) is 1. The largest absolute Gasteiger partial charge is 0.345 e. The third kappa shape index (κ3) is 2.07. The molecule has 0 aliphatic heterocycles. The van der Waals surface area contributed by atoms with Crippen LogP contribution in [-0.4, -0.2) is 15.8 Å². The summed E-state index contributed by atoms with van der Waals surface area (Å²) in [6.07, 6.45) is 3.33. The number of aromatic amines is 1. The van der Waals surface area contributed by atoms with Crippen LogP contribution in [0.1, 0.15) is 31.1 Å². The summed E-state index contributed by atoms with van der Waals surface area (Å²) in [6.45, 7) is 6.02. The van der Waals surface area contributed by atoms with Gasteiger partial charge in [0, 0.05) is 29.3 Å². The maximum Gasteiger partial charge on any atom is 0.168 e. The van der Waals surface area contributed by atoms with Gasteiger partial charge in [0.1, 0.15) is 5.65 Å². The molecule has 2 aromatic heterocycles. The van der Waals surface area contributed by atoms with Crippen molar-refractivity contribution in [2.75, 3.05) is 0 Å². The van der Waals surface area contributed by atoms with Crippen LogP contribution in [0.15, 0.2) is 18.5 Å². The number of nitrogens with zero attached hydrogens (tertiary/aromatic N) is 1. The van der Waals surface area contributed by atoms with E-state index in [1.165, 1.54) is 0 Å². The van der Waals surface area contributed by atoms with Gasteiger partial charge in [0.25, 0.3) is 0 Å². The van der Waals surface area contributed by atoms with Crippen LogP contribution in [-0.2, 0) is 0 Å². The summed E-state index contributed by atoms with van der Waals surface area (Å²) in [5.74, 6) is 0.398. The highest BCUT2D eigenvalue weighted by Crippen LogP contribution is 2.28. The molecule has 0 aromatic carbocycles. The number of hydrogen-bond acceptors (Lipinski definition) is 2. The first kappa shape index (κ1) is 12.1. The maximum absolute atomic E-state index is 12.3. The lowest BCUT2D eigenvalue weighted by Gasteiger charge is -2.13. The molecule has 0 spiro atoms. The molecule has 90 valence electrons. The molecule has 2 heterocycles. The number of fused-ring (bicyclic) bond motifs is 1. The monoisotopic (exact) mass is 250 g/mol. The Morgan fingerprint density at radius 2 is 2.12 bits per heavy atom. The zero-order valence-corrected chi connectivity index (χ0v) is 10.9. The second-order valence-electron chi connectivity index (χ2n) is 4.62. The van der Waals surface area contributed by atoms with E-state index in [0.29, 0.717) is 22.2 Å². The Morgan fingerprint density at radius 1 is 1.41 bits per heavy atom. The molecule has 1 unspecified atom stereocenters. The minimum Gasteiger partial charge on any atom is -0.345 e. The van der Waals surface area contributed by atoms with Crippen LogP contribution in [0.25, 0.3) is 11.0 Å². The van der Waals surface area contributed by atoms with Gasteiger partial charge < -0.3 is 4.98 Å². The van der Waals surface area contributed by atoms with E-state index in [-0.39, 0.29) is 11.7 Å². The van der Waals surface area contributed by atoms with E-state index < -0.39 is 0 Å². The Balaban J connectivity index is 2.53. The Bertz CT molecular complexity index is 560. The van der Waals surface area contributed by atoms with Crippen molar-refractivity contribution in [1.29, 1.82) is 0 Å². The van der Waals surface area contributed by atoms with Crippen LogP contribution in [0.4, 0.5) is 0 Å². The Hall–Kier alpha value is -1.35. The summed E-state index contributed by atoms with van der Waals surface area (Å²) >= 11 is 6.12. The van der Waals surface area contributed by atoms with Crippen LogP contribution in [0.3, 0.4) is 0 Å². The third-order valence-electron chi connectivity index (χ3n) is 3.20. The smallest absolute Gasteiger partial charge is 0.168 e. The molecule has 2 rings (SSSR count). The van der Waals surface area contributed by atoms with Crippen LogP contribution < -0.4 is 0 Å². The molecule has 1 atom stereocenters. The average molecular weight is 251 g/mol. The lowest BCUT2D eigenvalue weighted by atomic mass is 9.90. The molecule has 0 saturated carbocycles. The van der Waals surface area contributed by atoms with Crippen LogP contribution in [0.2, 0.25) is 5.02 Å². The number of H-pyrrole nitrogens is 1. The number of carbonyl (C=O) groups is 1. The van der Waals surface area contributed by atoms with Gasteiger partial charge >= 0.3 is 0 Å². The second-order valence-corrected chi connectivity index (χ2v) is 5.02. The van der Waals surface area contributed by atoms with E-state index in [1.54, 1.807) is 18.5 Å². The average Bonchev–Trinajstić information content (AvgIpc) is 2.72. The van der Waals surface area contributed by atoms with Crippen molar-refractivity contribution in [2.24, 2.45) is 11.8 Å². The first-order valence-corrected chi connectivity index (χ1v) is 6.06. The first-order chi connectivity index (χ1) is 8.02. The molecule has 0 fully saturated rings. The minimum atomic E-state index is -0.0229. The number of pyridine rings is 1. The molecule has 1 N–H and O–H groups in total. The fourth-order valence-corrected chi connectivity index (χ4v) is 2.01. The third-order valence-corrected chi connectivity index (χ3v) is 3.52. The fourth-order valence-electron chi connectivity index (χ4n) is 1.76. The summed E-state index contributed by atoms with van der Waals surface area (Å²) < 4.78 is 0. The molecule has 2 aromatic rings. The zero-order valence-electron chi connectivity index (χ0n) is 10.1. The molecular formula is C13H15ClN2O. The van der Waals surface area contributed by atoms with E-state index in [0.717, 1.165) is 5.39 Å². The molecule has 0 radical (unpaired) electrons. The maximum atomic E-state index is 12.3. The highest BCUT2D eigenvalue weighted by atomic mass is 35.5. The van der Waals surface area contributed by atoms with Gasteiger partial charge in [-0.15, -0.1) is 0 Å². The zero-order chi connectivity index (χ0) is 12.6. The van der Waals surface area contributed by atoms with Gasteiger partial charge in [-0.05, 0) is 12.0 Å². The number of carbonyl (C=O) groups excluding carboxylic acids is 1. The Labute approximate surface area is 105 Å². The van der Waals surface area contributed by atoms with Crippen molar-refractivity contribution >= 4 is 28.4 Å². The fraction of sp³-hybridized carbons (Fsp3) is 0.385. The number of hydrogen-bond donors (Lipinski definition) is 1. The molecule has 0 aliphatic rings. The molecule has 0 bridgehead atoms. The van der Waals surface area contributed by atoms with E-state index in [4.69, 9.17) is 11.6 Å². The first-order valence-electron chi connectivity index (χ1n) is 5.68.